The Balaban J connectivity index is 1.58. The largest absolute Gasteiger partial charge is 0.458 e. The Morgan fingerprint density at radius 1 is 1.38 bits per heavy atom. The molecule has 1 aromatic carbocycles. The third-order valence-electron chi connectivity index (χ3n) is 3.21. The van der Waals surface area contributed by atoms with Crippen LogP contribution in [0.25, 0.3) is 10.6 Å². The fourth-order valence-corrected chi connectivity index (χ4v) is 2.93. The van der Waals surface area contributed by atoms with Crippen LogP contribution >= 0.6 is 11.3 Å². The highest BCUT2D eigenvalue weighted by Gasteiger charge is 2.28. The first-order chi connectivity index (χ1) is 10.2. The van der Waals surface area contributed by atoms with E-state index in [2.05, 4.69) is 10.3 Å². The average molecular weight is 302 g/mol. The first-order valence-corrected chi connectivity index (χ1v) is 7.56. The molecule has 2 heterocycles. The monoisotopic (exact) mass is 302 g/mol. The quantitative estimate of drug-likeness (QED) is 0.879. The van der Waals surface area contributed by atoms with E-state index in [4.69, 9.17) is 4.74 Å². The summed E-state index contributed by atoms with van der Waals surface area (Å²) >= 11 is 1.51. The summed E-state index contributed by atoms with van der Waals surface area (Å²) in [6.45, 7) is 0.133. The summed E-state index contributed by atoms with van der Waals surface area (Å²) in [6.07, 6.45) is 0.888. The number of amides is 1. The second kappa shape index (κ2) is 6.05. The number of aromatic nitrogens is 1. The Morgan fingerprint density at radius 3 is 2.90 bits per heavy atom. The van der Waals surface area contributed by atoms with Crippen LogP contribution in [0.1, 0.15) is 18.5 Å². The SMILES string of the molecule is O=C1CC[C@H](C(=O)OCc2csc(-c3ccccc3)n2)N1. The number of thiazole rings is 1. The molecule has 3 rings (SSSR count). The number of rotatable bonds is 4. The van der Waals surface area contributed by atoms with E-state index in [9.17, 15) is 9.59 Å². The van der Waals surface area contributed by atoms with Gasteiger partial charge >= 0.3 is 5.97 Å². The van der Waals surface area contributed by atoms with Gasteiger partial charge < -0.3 is 10.1 Å². The maximum Gasteiger partial charge on any atom is 0.329 e. The molecule has 1 fully saturated rings. The number of carbonyl (C=O) groups is 2. The van der Waals surface area contributed by atoms with Gasteiger partial charge in [0.1, 0.15) is 17.7 Å². The summed E-state index contributed by atoms with van der Waals surface area (Å²) in [4.78, 5) is 27.3. The number of hydrogen-bond acceptors (Lipinski definition) is 5. The second-order valence-electron chi connectivity index (χ2n) is 4.78. The minimum Gasteiger partial charge on any atom is -0.458 e. The number of ether oxygens (including phenoxy) is 1. The summed E-state index contributed by atoms with van der Waals surface area (Å²) in [7, 11) is 0. The van der Waals surface area contributed by atoms with E-state index < -0.39 is 12.0 Å². The smallest absolute Gasteiger partial charge is 0.329 e. The molecule has 1 saturated heterocycles. The molecule has 0 saturated carbocycles. The molecule has 1 aliphatic rings. The van der Waals surface area contributed by atoms with Gasteiger partial charge in [-0.05, 0) is 6.42 Å². The molecule has 0 radical (unpaired) electrons. The lowest BCUT2D eigenvalue weighted by Crippen LogP contribution is -2.34. The fraction of sp³-hybridized carbons (Fsp3) is 0.267. The van der Waals surface area contributed by atoms with Crippen LogP contribution in [-0.4, -0.2) is 22.9 Å². The van der Waals surface area contributed by atoms with Crippen molar-refractivity contribution in [2.75, 3.05) is 0 Å². The number of nitrogens with one attached hydrogen (secondary N) is 1. The molecule has 0 bridgehead atoms. The van der Waals surface area contributed by atoms with E-state index in [0.29, 0.717) is 12.8 Å². The summed E-state index contributed by atoms with van der Waals surface area (Å²) in [5, 5.41) is 5.37. The molecule has 1 aromatic heterocycles. The molecular weight excluding hydrogens is 288 g/mol. The Bertz CT molecular complexity index is 654. The number of hydrogen-bond donors (Lipinski definition) is 1. The van der Waals surface area contributed by atoms with Crippen LogP contribution in [0.2, 0.25) is 0 Å². The average Bonchev–Trinajstić information content (AvgIpc) is 3.15. The molecule has 1 aliphatic heterocycles. The van der Waals surface area contributed by atoms with E-state index in [1.807, 2.05) is 35.7 Å². The molecule has 1 amide bonds. The van der Waals surface area contributed by atoms with Gasteiger partial charge in [-0.1, -0.05) is 30.3 Å². The molecule has 1 N–H and O–H groups in total. The first-order valence-electron chi connectivity index (χ1n) is 6.68. The molecule has 108 valence electrons. The van der Waals surface area contributed by atoms with Gasteiger partial charge in [0.15, 0.2) is 0 Å². The Hall–Kier alpha value is -2.21. The number of esters is 1. The maximum absolute atomic E-state index is 11.8. The standard InChI is InChI=1S/C15H14N2O3S/c18-13-7-6-12(17-13)15(19)20-8-11-9-21-14(16-11)10-4-2-1-3-5-10/h1-5,9,12H,6-8H2,(H,17,18)/t12-/m1/s1. The van der Waals surface area contributed by atoms with Crippen molar-refractivity contribution in [1.29, 1.82) is 0 Å². The zero-order valence-corrected chi connectivity index (χ0v) is 12.1. The third kappa shape index (κ3) is 3.28. The summed E-state index contributed by atoms with van der Waals surface area (Å²) in [5.74, 6) is -0.493. The maximum atomic E-state index is 11.8. The third-order valence-corrected chi connectivity index (χ3v) is 4.15. The van der Waals surface area contributed by atoms with Crippen LogP contribution in [-0.2, 0) is 20.9 Å². The van der Waals surface area contributed by atoms with Crippen LogP contribution < -0.4 is 5.32 Å². The van der Waals surface area contributed by atoms with Crippen molar-refractivity contribution in [3.05, 3.63) is 41.4 Å². The zero-order valence-electron chi connectivity index (χ0n) is 11.2. The van der Waals surface area contributed by atoms with Crippen LogP contribution in [0.5, 0.6) is 0 Å². The molecule has 21 heavy (non-hydrogen) atoms. The van der Waals surface area contributed by atoms with Gasteiger partial charge in [-0.2, -0.15) is 0 Å². The predicted octanol–water partition coefficient (Wildman–Crippen LogP) is 2.13. The van der Waals surface area contributed by atoms with Crippen molar-refractivity contribution >= 4 is 23.2 Å². The number of benzene rings is 1. The molecule has 2 aromatic rings. The van der Waals surface area contributed by atoms with Crippen molar-refractivity contribution in [2.24, 2.45) is 0 Å². The predicted molar refractivity (Wildman–Crippen MR) is 78.5 cm³/mol. The molecule has 0 unspecified atom stereocenters. The molecule has 0 aliphatic carbocycles. The lowest BCUT2D eigenvalue weighted by Gasteiger charge is -2.08. The van der Waals surface area contributed by atoms with Gasteiger partial charge in [0, 0.05) is 17.4 Å². The summed E-state index contributed by atoms with van der Waals surface area (Å²) in [6, 6.07) is 9.34. The van der Waals surface area contributed by atoms with Gasteiger partial charge in [-0.3, -0.25) is 4.79 Å². The van der Waals surface area contributed by atoms with Crippen molar-refractivity contribution in [1.82, 2.24) is 10.3 Å². The van der Waals surface area contributed by atoms with Gasteiger partial charge in [-0.25, -0.2) is 9.78 Å². The van der Waals surface area contributed by atoms with Gasteiger partial charge in [0.05, 0.1) is 5.69 Å². The summed E-state index contributed by atoms with van der Waals surface area (Å²) in [5.41, 5.74) is 1.76. The zero-order chi connectivity index (χ0) is 14.7. The first kappa shape index (κ1) is 13.8. The number of nitrogens with zero attached hydrogens (tertiary/aromatic N) is 1. The molecule has 6 heteroatoms. The highest BCUT2D eigenvalue weighted by atomic mass is 32.1. The highest BCUT2D eigenvalue weighted by Crippen LogP contribution is 2.23. The minimum absolute atomic E-state index is 0.100. The second-order valence-corrected chi connectivity index (χ2v) is 5.63. The van der Waals surface area contributed by atoms with Crippen LogP contribution in [0.15, 0.2) is 35.7 Å². The molecule has 1 atom stereocenters. The van der Waals surface area contributed by atoms with E-state index in [-0.39, 0.29) is 12.5 Å². The topological polar surface area (TPSA) is 68.3 Å². The molecule has 0 spiro atoms. The number of carbonyl (C=O) groups excluding carboxylic acids is 2. The van der Waals surface area contributed by atoms with Gasteiger partial charge in [0.25, 0.3) is 0 Å². The molecular formula is C15H14N2O3S. The normalized spacial score (nSPS) is 17.5. The van der Waals surface area contributed by atoms with E-state index in [0.717, 1.165) is 16.3 Å². The van der Waals surface area contributed by atoms with Crippen LogP contribution in [0.4, 0.5) is 0 Å². The fourth-order valence-electron chi connectivity index (χ4n) is 2.12. The van der Waals surface area contributed by atoms with Crippen LogP contribution in [0, 0.1) is 0 Å². The lowest BCUT2D eigenvalue weighted by atomic mass is 10.2. The Labute approximate surface area is 126 Å². The minimum atomic E-state index is -0.510. The van der Waals surface area contributed by atoms with Crippen molar-refractivity contribution in [3.63, 3.8) is 0 Å². The van der Waals surface area contributed by atoms with Crippen molar-refractivity contribution in [2.45, 2.75) is 25.5 Å². The lowest BCUT2D eigenvalue weighted by molar-refractivity contribution is -0.147. The van der Waals surface area contributed by atoms with E-state index in [1.165, 1.54) is 11.3 Å². The highest BCUT2D eigenvalue weighted by molar-refractivity contribution is 7.13. The van der Waals surface area contributed by atoms with Crippen molar-refractivity contribution < 1.29 is 14.3 Å². The Kier molecular flexibility index (Phi) is 3.96. The van der Waals surface area contributed by atoms with Gasteiger partial charge in [-0.15, -0.1) is 11.3 Å². The van der Waals surface area contributed by atoms with E-state index >= 15 is 0 Å². The van der Waals surface area contributed by atoms with Gasteiger partial charge in [0.2, 0.25) is 5.91 Å². The van der Waals surface area contributed by atoms with Crippen LogP contribution in [0.3, 0.4) is 0 Å². The summed E-state index contributed by atoms with van der Waals surface area (Å²) < 4.78 is 5.20. The van der Waals surface area contributed by atoms with E-state index in [1.54, 1.807) is 0 Å². The molecule has 5 nitrogen and oxygen atoms in total. The Morgan fingerprint density at radius 2 is 2.19 bits per heavy atom. The van der Waals surface area contributed by atoms with Crippen molar-refractivity contribution in [3.8, 4) is 10.6 Å².